The van der Waals surface area contributed by atoms with Gasteiger partial charge in [0.25, 0.3) is 5.56 Å². The van der Waals surface area contributed by atoms with Gasteiger partial charge in [-0.15, -0.1) is 0 Å². The Kier molecular flexibility index (Phi) is 6.43. The molecular weight excluding hydrogens is 380 g/mol. The Hall–Kier alpha value is -3.14. The highest BCUT2D eigenvalue weighted by atomic mass is 32.1. The number of hydrogen-bond acceptors (Lipinski definition) is 7. The monoisotopic (exact) mass is 400 g/mol. The normalized spacial score (nSPS) is 11.6. The van der Waals surface area contributed by atoms with Crippen molar-refractivity contribution in [3.63, 3.8) is 0 Å². The molecule has 0 aliphatic heterocycles. The van der Waals surface area contributed by atoms with Gasteiger partial charge in [-0.25, -0.2) is 0 Å². The van der Waals surface area contributed by atoms with E-state index < -0.39 is 11.6 Å². The molecule has 6 N–H and O–H groups in total. The molecule has 0 saturated carbocycles. The summed E-state index contributed by atoms with van der Waals surface area (Å²) >= 11 is 1.08. The number of para-hydroxylation sites is 1. The van der Waals surface area contributed by atoms with Gasteiger partial charge in [0.05, 0.1) is 19.3 Å². The number of nitrogens with two attached hydrogens (primary N) is 1. The van der Waals surface area contributed by atoms with Crippen LogP contribution in [0.5, 0.6) is 11.5 Å². The molecule has 3 aromatic rings. The number of H-pyrrole nitrogens is 1. The van der Waals surface area contributed by atoms with Crippen molar-refractivity contribution in [3.05, 3.63) is 70.5 Å². The number of nitrogens with one attached hydrogen (secondary N) is 2. The highest BCUT2D eigenvalue weighted by Gasteiger charge is 2.16. The standard InChI is InChI=1S/C19H20N4O4S/c20-17(21-13(10-24)11-25)16-18(26)23-28-19(16)22-12-6-8-15(9-7-12)27-14-4-2-1-3-5-14/h1-9,13,22,24-25H,10-11H2,(H2,20,21)(H,23,26). The number of aliphatic imine (C=N–C) groups is 1. The molecule has 9 heteroatoms. The number of aromatic nitrogens is 1. The molecule has 0 radical (unpaired) electrons. The molecule has 0 aliphatic rings. The number of hydrogen-bond donors (Lipinski definition) is 5. The van der Waals surface area contributed by atoms with Gasteiger partial charge in [-0.05, 0) is 47.9 Å². The fraction of sp³-hybridized carbons (Fsp3) is 0.158. The molecule has 0 bridgehead atoms. The lowest BCUT2D eigenvalue weighted by molar-refractivity contribution is 0.195. The minimum atomic E-state index is -0.776. The summed E-state index contributed by atoms with van der Waals surface area (Å²) in [5.41, 5.74) is 6.41. The van der Waals surface area contributed by atoms with E-state index in [0.29, 0.717) is 10.8 Å². The molecule has 146 valence electrons. The summed E-state index contributed by atoms with van der Waals surface area (Å²) in [5.74, 6) is 1.36. The first kappa shape index (κ1) is 19.6. The fourth-order valence-corrected chi connectivity index (χ4v) is 3.15. The zero-order chi connectivity index (χ0) is 19.9. The highest BCUT2D eigenvalue weighted by molar-refractivity contribution is 7.10. The third kappa shape index (κ3) is 4.77. The molecule has 0 aliphatic carbocycles. The van der Waals surface area contributed by atoms with E-state index in [4.69, 9.17) is 20.7 Å². The van der Waals surface area contributed by atoms with Crippen molar-refractivity contribution in [1.82, 2.24) is 4.37 Å². The van der Waals surface area contributed by atoms with Crippen LogP contribution >= 0.6 is 11.5 Å². The second kappa shape index (κ2) is 9.18. The predicted octanol–water partition coefficient (Wildman–Crippen LogP) is 2.03. The molecule has 1 heterocycles. The average molecular weight is 400 g/mol. The summed E-state index contributed by atoms with van der Waals surface area (Å²) in [6.07, 6.45) is 0. The van der Waals surface area contributed by atoms with Crippen molar-refractivity contribution in [2.75, 3.05) is 18.5 Å². The van der Waals surface area contributed by atoms with E-state index in [1.807, 2.05) is 42.5 Å². The maximum absolute atomic E-state index is 12.1. The summed E-state index contributed by atoms with van der Waals surface area (Å²) in [6, 6.07) is 15.9. The number of aliphatic hydroxyl groups is 2. The molecule has 8 nitrogen and oxygen atoms in total. The first-order chi connectivity index (χ1) is 13.6. The van der Waals surface area contributed by atoms with Crippen LogP contribution in [0.4, 0.5) is 10.7 Å². The molecule has 0 atom stereocenters. The largest absolute Gasteiger partial charge is 0.457 e. The summed E-state index contributed by atoms with van der Waals surface area (Å²) in [6.45, 7) is -0.740. The number of rotatable bonds is 8. The van der Waals surface area contributed by atoms with Crippen LogP contribution in [0.3, 0.4) is 0 Å². The third-order valence-electron chi connectivity index (χ3n) is 3.79. The van der Waals surface area contributed by atoms with E-state index in [1.54, 1.807) is 12.1 Å². The van der Waals surface area contributed by atoms with E-state index in [9.17, 15) is 4.79 Å². The summed E-state index contributed by atoms with van der Waals surface area (Å²) in [7, 11) is 0. The number of aromatic amines is 1. The van der Waals surface area contributed by atoms with E-state index >= 15 is 0 Å². The molecule has 1 aromatic heterocycles. The first-order valence-electron chi connectivity index (χ1n) is 8.47. The van der Waals surface area contributed by atoms with Gasteiger partial charge in [0.1, 0.15) is 27.9 Å². The Bertz CT molecular complexity index is 979. The Morgan fingerprint density at radius 1 is 1.11 bits per heavy atom. The summed E-state index contributed by atoms with van der Waals surface area (Å²) in [5, 5.41) is 21.9. The van der Waals surface area contributed by atoms with E-state index in [2.05, 4.69) is 14.7 Å². The van der Waals surface area contributed by atoms with Crippen molar-refractivity contribution in [3.8, 4) is 11.5 Å². The van der Waals surface area contributed by atoms with Gasteiger partial charge in [-0.1, -0.05) is 18.2 Å². The van der Waals surface area contributed by atoms with Crippen LogP contribution in [-0.2, 0) is 0 Å². The van der Waals surface area contributed by atoms with Gasteiger partial charge < -0.3 is 26.0 Å². The quantitative estimate of drug-likeness (QED) is 0.290. The lowest BCUT2D eigenvalue weighted by atomic mass is 10.2. The van der Waals surface area contributed by atoms with Crippen LogP contribution in [0, 0.1) is 0 Å². The molecule has 0 saturated heterocycles. The lowest BCUT2D eigenvalue weighted by Gasteiger charge is -2.10. The van der Waals surface area contributed by atoms with Gasteiger partial charge in [-0.3, -0.25) is 14.2 Å². The number of benzene rings is 2. The number of ether oxygens (including phenoxy) is 1. The molecule has 0 fully saturated rings. The number of amidine groups is 1. The second-order valence-corrected chi connectivity index (χ2v) is 6.65. The van der Waals surface area contributed by atoms with E-state index in [1.165, 1.54) is 0 Å². The number of anilines is 2. The Labute approximate surface area is 165 Å². The lowest BCUT2D eigenvalue weighted by Crippen LogP contribution is -2.27. The van der Waals surface area contributed by atoms with Crippen LogP contribution in [0.25, 0.3) is 0 Å². The molecular formula is C19H20N4O4S. The Morgan fingerprint density at radius 3 is 2.39 bits per heavy atom. The smallest absolute Gasteiger partial charge is 0.271 e. The van der Waals surface area contributed by atoms with Gasteiger partial charge >= 0.3 is 0 Å². The fourth-order valence-electron chi connectivity index (χ4n) is 2.39. The maximum atomic E-state index is 12.1. The number of aliphatic hydroxyl groups excluding tert-OH is 2. The number of nitrogens with zero attached hydrogens (tertiary/aromatic N) is 1. The van der Waals surface area contributed by atoms with Crippen molar-refractivity contribution >= 4 is 28.1 Å². The van der Waals surface area contributed by atoms with Crippen LogP contribution in [0.1, 0.15) is 5.56 Å². The maximum Gasteiger partial charge on any atom is 0.271 e. The van der Waals surface area contributed by atoms with Gasteiger partial charge in [-0.2, -0.15) is 0 Å². The van der Waals surface area contributed by atoms with Crippen LogP contribution in [0.15, 0.2) is 64.4 Å². The second-order valence-electron chi connectivity index (χ2n) is 5.84. The Morgan fingerprint density at radius 2 is 1.75 bits per heavy atom. The van der Waals surface area contributed by atoms with Crippen molar-refractivity contribution in [2.24, 2.45) is 10.7 Å². The van der Waals surface area contributed by atoms with Crippen LogP contribution in [0.2, 0.25) is 0 Å². The zero-order valence-corrected chi connectivity index (χ0v) is 15.6. The first-order valence-corrected chi connectivity index (χ1v) is 9.29. The van der Waals surface area contributed by atoms with Crippen molar-refractivity contribution < 1.29 is 14.9 Å². The topological polar surface area (TPSA) is 133 Å². The molecule has 3 rings (SSSR count). The van der Waals surface area contributed by atoms with Crippen LogP contribution in [-0.4, -0.2) is 39.7 Å². The van der Waals surface area contributed by atoms with Gasteiger partial charge in [0.2, 0.25) is 0 Å². The van der Waals surface area contributed by atoms with Crippen molar-refractivity contribution in [2.45, 2.75) is 6.04 Å². The minimum Gasteiger partial charge on any atom is -0.457 e. The van der Waals surface area contributed by atoms with Gasteiger partial charge in [0, 0.05) is 5.69 Å². The van der Waals surface area contributed by atoms with Crippen LogP contribution < -0.4 is 21.3 Å². The predicted molar refractivity (Wildman–Crippen MR) is 110 cm³/mol. The highest BCUT2D eigenvalue weighted by Crippen LogP contribution is 2.26. The molecule has 2 aromatic carbocycles. The average Bonchev–Trinajstić information content (AvgIpc) is 3.08. The van der Waals surface area contributed by atoms with E-state index in [-0.39, 0.29) is 24.6 Å². The van der Waals surface area contributed by atoms with Gasteiger partial charge in [0.15, 0.2) is 0 Å². The Balaban J connectivity index is 1.76. The molecule has 0 unspecified atom stereocenters. The molecule has 0 spiro atoms. The SMILES string of the molecule is NC(=NC(CO)CO)c1c(Nc2ccc(Oc3ccccc3)cc2)s[nH]c1=O. The zero-order valence-electron chi connectivity index (χ0n) is 14.8. The van der Waals surface area contributed by atoms with Crippen molar-refractivity contribution in [1.29, 1.82) is 0 Å². The minimum absolute atomic E-state index is 0.0536. The van der Waals surface area contributed by atoms with E-state index in [0.717, 1.165) is 23.0 Å². The third-order valence-corrected chi connectivity index (χ3v) is 4.59. The molecule has 28 heavy (non-hydrogen) atoms. The molecule has 0 amide bonds. The summed E-state index contributed by atoms with van der Waals surface area (Å²) in [4.78, 5) is 16.1. The summed E-state index contributed by atoms with van der Waals surface area (Å²) < 4.78 is 8.36.